The first-order valence-corrected chi connectivity index (χ1v) is 6.81. The van der Waals surface area contributed by atoms with Crippen molar-refractivity contribution in [3.63, 3.8) is 0 Å². The highest BCUT2D eigenvalue weighted by Gasteiger charge is 2.23. The Morgan fingerprint density at radius 3 is 2.94 bits per heavy atom. The van der Waals surface area contributed by atoms with Crippen LogP contribution in [0.5, 0.6) is 0 Å². The molecule has 0 bridgehead atoms. The van der Waals surface area contributed by atoms with Gasteiger partial charge in [0.05, 0.1) is 6.04 Å². The van der Waals surface area contributed by atoms with Crippen LogP contribution < -0.4 is 10.6 Å². The van der Waals surface area contributed by atoms with E-state index < -0.39 is 0 Å². The highest BCUT2D eigenvalue weighted by molar-refractivity contribution is 7.98. The predicted molar refractivity (Wildman–Crippen MR) is 70.3 cm³/mol. The Morgan fingerprint density at radius 1 is 1.69 bits per heavy atom. The summed E-state index contributed by atoms with van der Waals surface area (Å²) in [5.74, 6) is 0.943. The lowest BCUT2D eigenvalue weighted by molar-refractivity contribution is -0.123. The van der Waals surface area contributed by atoms with Gasteiger partial charge in [-0.1, -0.05) is 0 Å². The van der Waals surface area contributed by atoms with Gasteiger partial charge in [0.2, 0.25) is 5.91 Å². The van der Waals surface area contributed by atoms with Crippen molar-refractivity contribution in [1.82, 2.24) is 10.6 Å². The smallest absolute Gasteiger partial charge is 0.237 e. The van der Waals surface area contributed by atoms with Crippen LogP contribution in [0.3, 0.4) is 0 Å². The van der Waals surface area contributed by atoms with Gasteiger partial charge in [0, 0.05) is 18.4 Å². The summed E-state index contributed by atoms with van der Waals surface area (Å²) in [6.45, 7) is 1.06. The van der Waals surface area contributed by atoms with Crippen molar-refractivity contribution in [3.8, 4) is 0 Å². The molecule has 1 rings (SSSR count). The third-order valence-electron chi connectivity index (χ3n) is 2.57. The first kappa shape index (κ1) is 16.0. The van der Waals surface area contributed by atoms with Crippen LogP contribution in [0.15, 0.2) is 0 Å². The summed E-state index contributed by atoms with van der Waals surface area (Å²) in [5, 5.41) is 15.0. The molecule has 2 atom stereocenters. The molecule has 2 unspecified atom stereocenters. The molecule has 1 fully saturated rings. The first-order chi connectivity index (χ1) is 7.27. The Kier molecular flexibility index (Phi) is 9.12. The van der Waals surface area contributed by atoms with Gasteiger partial charge in [-0.3, -0.25) is 4.79 Å². The fourth-order valence-corrected chi connectivity index (χ4v) is 2.42. The molecule has 1 heterocycles. The second-order valence-electron chi connectivity index (χ2n) is 3.82. The van der Waals surface area contributed by atoms with Crippen LogP contribution in [0.4, 0.5) is 0 Å². The van der Waals surface area contributed by atoms with Gasteiger partial charge >= 0.3 is 0 Å². The molecule has 4 nitrogen and oxygen atoms in total. The number of amides is 1. The van der Waals surface area contributed by atoms with Crippen molar-refractivity contribution in [2.45, 2.75) is 31.3 Å². The van der Waals surface area contributed by atoms with Crippen LogP contribution in [-0.2, 0) is 4.79 Å². The van der Waals surface area contributed by atoms with Crippen LogP contribution in [0, 0.1) is 0 Å². The lowest BCUT2D eigenvalue weighted by Crippen LogP contribution is -2.46. The van der Waals surface area contributed by atoms with E-state index in [0.29, 0.717) is 6.42 Å². The van der Waals surface area contributed by atoms with Crippen LogP contribution in [0.25, 0.3) is 0 Å². The molecule has 0 aromatic rings. The van der Waals surface area contributed by atoms with E-state index in [1.54, 1.807) is 11.8 Å². The molecule has 96 valence electrons. The highest BCUT2D eigenvalue weighted by Crippen LogP contribution is 2.07. The molecule has 0 aromatic carbocycles. The van der Waals surface area contributed by atoms with Crippen molar-refractivity contribution in [2.75, 3.05) is 25.2 Å². The maximum Gasteiger partial charge on any atom is 0.237 e. The molecule has 16 heavy (non-hydrogen) atoms. The maximum absolute atomic E-state index is 11.7. The lowest BCUT2D eigenvalue weighted by atomic mass is 10.2. The zero-order chi connectivity index (χ0) is 11.1. The largest absolute Gasteiger partial charge is 0.396 e. The average molecular weight is 269 g/mol. The number of nitrogens with one attached hydrogen (secondary N) is 2. The number of halogens is 1. The van der Waals surface area contributed by atoms with E-state index >= 15 is 0 Å². The Morgan fingerprint density at radius 2 is 2.44 bits per heavy atom. The monoisotopic (exact) mass is 268 g/mol. The zero-order valence-corrected chi connectivity index (χ0v) is 11.2. The lowest BCUT2D eigenvalue weighted by Gasteiger charge is -2.19. The van der Waals surface area contributed by atoms with Crippen molar-refractivity contribution >= 4 is 30.1 Å². The fraction of sp³-hybridized carbons (Fsp3) is 0.900. The molecule has 1 saturated heterocycles. The number of hydrogen-bond acceptors (Lipinski definition) is 4. The third-order valence-corrected chi connectivity index (χ3v) is 3.30. The molecule has 1 aliphatic heterocycles. The maximum atomic E-state index is 11.7. The molecule has 1 amide bonds. The van der Waals surface area contributed by atoms with Crippen molar-refractivity contribution in [2.24, 2.45) is 0 Å². The SMILES string of the molecule is CSCC(CCO)NC(=O)C1CCCN1.Cl. The molecule has 1 aliphatic rings. The van der Waals surface area contributed by atoms with Crippen molar-refractivity contribution < 1.29 is 9.90 Å². The van der Waals surface area contributed by atoms with E-state index in [4.69, 9.17) is 5.11 Å². The van der Waals surface area contributed by atoms with Crippen LogP contribution in [-0.4, -0.2) is 48.3 Å². The van der Waals surface area contributed by atoms with Crippen molar-refractivity contribution in [1.29, 1.82) is 0 Å². The first-order valence-electron chi connectivity index (χ1n) is 5.41. The van der Waals surface area contributed by atoms with E-state index in [-0.39, 0.29) is 37.0 Å². The fourth-order valence-electron chi connectivity index (χ4n) is 1.76. The second-order valence-corrected chi connectivity index (χ2v) is 4.73. The average Bonchev–Trinajstić information content (AvgIpc) is 2.71. The van der Waals surface area contributed by atoms with E-state index in [2.05, 4.69) is 10.6 Å². The van der Waals surface area contributed by atoms with Crippen molar-refractivity contribution in [3.05, 3.63) is 0 Å². The Hall–Kier alpha value is 0.0300. The number of rotatable bonds is 6. The van der Waals surface area contributed by atoms with E-state index in [0.717, 1.165) is 25.1 Å². The molecule has 0 spiro atoms. The van der Waals surface area contributed by atoms with Crippen LogP contribution in [0.1, 0.15) is 19.3 Å². The van der Waals surface area contributed by atoms with Gasteiger partial charge in [-0.25, -0.2) is 0 Å². The van der Waals surface area contributed by atoms with Gasteiger partial charge < -0.3 is 15.7 Å². The Labute approximate surface area is 107 Å². The molecule has 0 aromatic heterocycles. The summed E-state index contributed by atoms with van der Waals surface area (Å²) in [7, 11) is 0. The van der Waals surface area contributed by atoms with E-state index in [9.17, 15) is 4.79 Å². The standard InChI is InChI=1S/C10H20N2O2S.ClH/c1-15-7-8(4-6-13)12-10(14)9-3-2-5-11-9;/h8-9,11,13H,2-7H2,1H3,(H,12,14);1H. The van der Waals surface area contributed by atoms with Gasteiger partial charge in [0.25, 0.3) is 0 Å². The summed E-state index contributed by atoms with van der Waals surface area (Å²) in [5.41, 5.74) is 0. The molecular formula is C10H21ClN2O2S. The molecule has 0 radical (unpaired) electrons. The minimum Gasteiger partial charge on any atom is -0.396 e. The molecule has 3 N–H and O–H groups in total. The molecule has 0 saturated carbocycles. The minimum atomic E-state index is -0.0203. The quantitative estimate of drug-likeness (QED) is 0.652. The van der Waals surface area contributed by atoms with Crippen LogP contribution in [0.2, 0.25) is 0 Å². The Bertz CT molecular complexity index is 195. The minimum absolute atomic E-state index is 0. The molecule has 0 aliphatic carbocycles. The molecular weight excluding hydrogens is 248 g/mol. The van der Waals surface area contributed by atoms with Gasteiger partial charge in [-0.15, -0.1) is 12.4 Å². The number of carbonyl (C=O) groups excluding carboxylic acids is 1. The molecule has 6 heteroatoms. The number of aliphatic hydroxyl groups excluding tert-OH is 1. The highest BCUT2D eigenvalue weighted by atomic mass is 35.5. The van der Waals surface area contributed by atoms with Gasteiger partial charge in [0.1, 0.15) is 0 Å². The predicted octanol–water partition coefficient (Wildman–Crippen LogP) is 0.390. The van der Waals surface area contributed by atoms with Gasteiger partial charge in [0.15, 0.2) is 0 Å². The van der Waals surface area contributed by atoms with Gasteiger partial charge in [-0.2, -0.15) is 11.8 Å². The Balaban J connectivity index is 0.00000225. The summed E-state index contributed by atoms with van der Waals surface area (Å²) >= 11 is 1.69. The summed E-state index contributed by atoms with van der Waals surface area (Å²) in [6, 6.07) is 0.0768. The second kappa shape index (κ2) is 9.10. The normalized spacial score (nSPS) is 21.2. The number of carbonyl (C=O) groups is 1. The number of aliphatic hydroxyl groups is 1. The summed E-state index contributed by atoms with van der Waals surface area (Å²) < 4.78 is 0. The number of thioether (sulfide) groups is 1. The summed E-state index contributed by atoms with van der Waals surface area (Å²) in [4.78, 5) is 11.7. The van der Waals surface area contributed by atoms with Crippen LogP contribution >= 0.6 is 24.2 Å². The third kappa shape index (κ3) is 5.39. The zero-order valence-electron chi connectivity index (χ0n) is 9.57. The van der Waals surface area contributed by atoms with Gasteiger partial charge in [-0.05, 0) is 32.1 Å². The van der Waals surface area contributed by atoms with E-state index in [1.807, 2.05) is 6.26 Å². The van der Waals surface area contributed by atoms with E-state index in [1.165, 1.54) is 0 Å². The number of hydrogen-bond donors (Lipinski definition) is 3. The topological polar surface area (TPSA) is 61.4 Å². The summed E-state index contributed by atoms with van der Waals surface area (Å²) in [6.07, 6.45) is 4.64.